The summed E-state index contributed by atoms with van der Waals surface area (Å²) in [7, 11) is 0. The summed E-state index contributed by atoms with van der Waals surface area (Å²) in [5.74, 6) is 0. The molecule has 0 bridgehead atoms. The van der Waals surface area contributed by atoms with E-state index in [9.17, 15) is 0 Å². The Bertz CT molecular complexity index is 522. The molecule has 0 atom stereocenters. The van der Waals surface area contributed by atoms with Crippen molar-refractivity contribution >= 4 is 22.1 Å². The zero-order valence-electron chi connectivity index (χ0n) is 7.03. The van der Waals surface area contributed by atoms with Gasteiger partial charge in [-0.3, -0.25) is 0 Å². The van der Waals surface area contributed by atoms with Gasteiger partial charge in [0, 0.05) is 4.88 Å². The fourth-order valence-electron chi connectivity index (χ4n) is 1.72. The average Bonchev–Trinajstić information content (AvgIpc) is 2.56. The Labute approximate surface area is 80.8 Å². The second-order valence-corrected chi connectivity index (χ2v) is 4.05. The summed E-state index contributed by atoms with van der Waals surface area (Å²) in [6, 6.07) is 15.1. The van der Waals surface area contributed by atoms with Crippen molar-refractivity contribution in [3.8, 4) is 10.4 Å². The van der Waals surface area contributed by atoms with Gasteiger partial charge >= 0.3 is 0 Å². The molecule has 0 spiro atoms. The van der Waals surface area contributed by atoms with E-state index in [4.69, 9.17) is 0 Å². The number of rotatable bonds is 0. The summed E-state index contributed by atoms with van der Waals surface area (Å²) in [5.41, 5.74) is 1.36. The molecule has 1 heterocycles. The van der Waals surface area contributed by atoms with E-state index in [1.165, 1.54) is 21.2 Å². The minimum atomic E-state index is 1.35. The first-order valence-electron chi connectivity index (χ1n) is 4.30. The fraction of sp³-hybridized carbons (Fsp3) is 0. The molecule has 0 saturated carbocycles. The predicted molar refractivity (Wildman–Crippen MR) is 58.4 cm³/mol. The maximum absolute atomic E-state index is 2.25. The molecule has 0 radical (unpaired) electrons. The van der Waals surface area contributed by atoms with Crippen molar-refractivity contribution in [2.75, 3.05) is 0 Å². The van der Waals surface area contributed by atoms with E-state index < -0.39 is 0 Å². The van der Waals surface area contributed by atoms with Crippen LogP contribution in [0.1, 0.15) is 0 Å². The van der Waals surface area contributed by atoms with E-state index in [2.05, 4.69) is 47.8 Å². The van der Waals surface area contributed by atoms with Crippen molar-refractivity contribution in [1.82, 2.24) is 0 Å². The van der Waals surface area contributed by atoms with Gasteiger partial charge in [-0.05, 0) is 27.8 Å². The summed E-state index contributed by atoms with van der Waals surface area (Å²) in [6.45, 7) is 0. The molecular weight excluding hydrogens is 176 g/mol. The molecule has 62 valence electrons. The Hall–Kier alpha value is -1.34. The highest BCUT2D eigenvalue weighted by atomic mass is 32.1. The van der Waals surface area contributed by atoms with Gasteiger partial charge in [-0.25, -0.2) is 0 Å². The molecule has 13 heavy (non-hydrogen) atoms. The lowest BCUT2D eigenvalue weighted by molar-refractivity contribution is 1.85. The average molecular weight is 184 g/mol. The zero-order valence-corrected chi connectivity index (χ0v) is 7.84. The standard InChI is InChI=1S/C12H8S/c1-2-6-11-9(4-1)8-10-5-3-7-13-12(10)11/h1-8H. The highest BCUT2D eigenvalue weighted by Gasteiger charge is 2.07. The molecule has 0 N–H and O–H groups in total. The summed E-state index contributed by atoms with van der Waals surface area (Å²) >= 11 is 1.81. The Balaban J connectivity index is 2.56. The number of fused-ring (bicyclic) bond motifs is 3. The Morgan fingerprint density at radius 1 is 0.923 bits per heavy atom. The largest absolute Gasteiger partial charge is 0.143 e. The summed E-state index contributed by atoms with van der Waals surface area (Å²) in [4.78, 5) is 1.40. The molecule has 3 rings (SSSR count). The zero-order chi connectivity index (χ0) is 8.67. The van der Waals surface area contributed by atoms with E-state index in [1.54, 1.807) is 0 Å². The lowest BCUT2D eigenvalue weighted by Gasteiger charge is -1.94. The van der Waals surface area contributed by atoms with Gasteiger partial charge in [0.15, 0.2) is 0 Å². The molecule has 1 aromatic rings. The summed E-state index contributed by atoms with van der Waals surface area (Å²) in [5, 5.41) is 4.86. The van der Waals surface area contributed by atoms with Gasteiger partial charge in [-0.1, -0.05) is 36.4 Å². The first-order valence-corrected chi connectivity index (χ1v) is 5.18. The molecule has 0 saturated heterocycles. The lowest BCUT2D eigenvalue weighted by Crippen LogP contribution is -1.66. The van der Waals surface area contributed by atoms with Crippen LogP contribution in [0.2, 0.25) is 0 Å². The van der Waals surface area contributed by atoms with Gasteiger partial charge in [0.1, 0.15) is 0 Å². The molecule has 1 heteroatoms. The molecule has 0 amide bonds. The normalized spacial score (nSPS) is 11.1. The van der Waals surface area contributed by atoms with E-state index in [1.807, 2.05) is 11.3 Å². The molecule has 0 fully saturated rings. The van der Waals surface area contributed by atoms with Crippen molar-refractivity contribution in [2.45, 2.75) is 0 Å². The van der Waals surface area contributed by atoms with Crippen LogP contribution < -0.4 is 0 Å². The summed E-state index contributed by atoms with van der Waals surface area (Å²) in [6.07, 6.45) is 0. The molecule has 1 aliphatic carbocycles. The summed E-state index contributed by atoms with van der Waals surface area (Å²) < 4.78 is 0. The van der Waals surface area contributed by atoms with Crippen molar-refractivity contribution < 1.29 is 0 Å². The third kappa shape index (κ3) is 0.973. The van der Waals surface area contributed by atoms with E-state index in [0.29, 0.717) is 0 Å². The van der Waals surface area contributed by atoms with Crippen LogP contribution in [0.15, 0.2) is 47.8 Å². The van der Waals surface area contributed by atoms with Crippen LogP contribution in [-0.2, 0) is 0 Å². The molecule has 0 nitrogen and oxygen atoms in total. The van der Waals surface area contributed by atoms with Crippen LogP contribution in [0.3, 0.4) is 0 Å². The van der Waals surface area contributed by atoms with Gasteiger partial charge in [-0.15, -0.1) is 11.3 Å². The minimum Gasteiger partial charge on any atom is -0.143 e. The lowest BCUT2D eigenvalue weighted by atomic mass is 10.2. The monoisotopic (exact) mass is 184 g/mol. The van der Waals surface area contributed by atoms with E-state index >= 15 is 0 Å². The number of benzene rings is 1. The van der Waals surface area contributed by atoms with Crippen molar-refractivity contribution in [3.05, 3.63) is 47.8 Å². The number of hydrogen-bond acceptors (Lipinski definition) is 1. The second-order valence-electron chi connectivity index (χ2n) is 3.13. The quantitative estimate of drug-likeness (QED) is 0.495. The van der Waals surface area contributed by atoms with Gasteiger partial charge in [0.25, 0.3) is 0 Å². The molecular formula is C12H8S. The molecule has 0 aromatic heterocycles. The number of hydrogen-bond donors (Lipinski definition) is 0. The van der Waals surface area contributed by atoms with Gasteiger partial charge in [0.05, 0.1) is 0 Å². The third-order valence-electron chi connectivity index (χ3n) is 2.32. The van der Waals surface area contributed by atoms with Gasteiger partial charge < -0.3 is 0 Å². The van der Waals surface area contributed by atoms with Gasteiger partial charge in [-0.2, -0.15) is 0 Å². The Morgan fingerprint density at radius 3 is 2.85 bits per heavy atom. The second kappa shape index (κ2) is 2.57. The Kier molecular flexibility index (Phi) is 1.41. The van der Waals surface area contributed by atoms with Crippen molar-refractivity contribution in [3.63, 3.8) is 0 Å². The highest BCUT2D eigenvalue weighted by molar-refractivity contribution is 7.14. The maximum atomic E-state index is 2.25. The topological polar surface area (TPSA) is 0 Å². The SMILES string of the molecule is c1csc2c3ccccc3cc-2c1. The molecule has 2 aliphatic rings. The van der Waals surface area contributed by atoms with Crippen LogP contribution in [0, 0.1) is 0 Å². The van der Waals surface area contributed by atoms with E-state index in [-0.39, 0.29) is 0 Å². The van der Waals surface area contributed by atoms with Crippen LogP contribution in [0.25, 0.3) is 21.2 Å². The van der Waals surface area contributed by atoms with E-state index in [0.717, 1.165) is 0 Å². The first kappa shape index (κ1) is 7.10. The van der Waals surface area contributed by atoms with Gasteiger partial charge in [0.2, 0.25) is 0 Å². The van der Waals surface area contributed by atoms with Crippen LogP contribution in [-0.4, -0.2) is 0 Å². The predicted octanol–water partition coefficient (Wildman–Crippen LogP) is 4.01. The first-order chi connectivity index (χ1) is 6.45. The highest BCUT2D eigenvalue weighted by Crippen LogP contribution is 2.36. The van der Waals surface area contributed by atoms with Crippen LogP contribution in [0.5, 0.6) is 0 Å². The van der Waals surface area contributed by atoms with Crippen molar-refractivity contribution in [2.24, 2.45) is 0 Å². The van der Waals surface area contributed by atoms with Crippen LogP contribution >= 0.6 is 11.3 Å². The van der Waals surface area contributed by atoms with Crippen molar-refractivity contribution in [1.29, 1.82) is 0 Å². The van der Waals surface area contributed by atoms with Crippen LogP contribution in [0.4, 0.5) is 0 Å². The molecule has 0 unspecified atom stereocenters. The minimum absolute atomic E-state index is 1.35. The molecule has 1 aromatic carbocycles. The molecule has 1 aliphatic heterocycles. The fourth-order valence-corrected chi connectivity index (χ4v) is 2.59. The maximum Gasteiger partial charge on any atom is 0.0421 e. The smallest absolute Gasteiger partial charge is 0.0421 e. The third-order valence-corrected chi connectivity index (χ3v) is 3.30. The Morgan fingerprint density at radius 2 is 1.85 bits per heavy atom.